The van der Waals surface area contributed by atoms with Gasteiger partial charge in [-0.05, 0) is 13.2 Å². The van der Waals surface area contributed by atoms with Crippen LogP contribution >= 0.6 is 11.8 Å². The van der Waals surface area contributed by atoms with Crippen molar-refractivity contribution in [3.63, 3.8) is 0 Å². The van der Waals surface area contributed by atoms with E-state index in [2.05, 4.69) is 0 Å². The van der Waals surface area contributed by atoms with E-state index in [-0.39, 0.29) is 0 Å². The van der Waals surface area contributed by atoms with E-state index in [4.69, 9.17) is 0 Å². The van der Waals surface area contributed by atoms with Gasteiger partial charge in [0.1, 0.15) is 0 Å². The van der Waals surface area contributed by atoms with E-state index >= 15 is 0 Å². The molecule has 0 heterocycles. The molecule has 1 unspecified atom stereocenters. The lowest BCUT2D eigenvalue weighted by atomic mass is 10.3. The monoisotopic (exact) mass is 150 g/mol. The van der Waals surface area contributed by atoms with Gasteiger partial charge in [-0.25, -0.2) is 4.39 Å². The molecule has 2 nitrogen and oxygen atoms in total. The fraction of sp³-hybridized carbons (Fsp3) is 0.600. The molecule has 0 aliphatic carbocycles. The fourth-order valence-corrected chi connectivity index (χ4v) is 0.642. The van der Waals surface area contributed by atoms with Crippen molar-refractivity contribution in [1.82, 2.24) is 0 Å². The van der Waals surface area contributed by atoms with Crippen LogP contribution in [0.3, 0.4) is 0 Å². The average molecular weight is 150 g/mol. The smallest absolute Gasteiger partial charge is 0.230 e. The van der Waals surface area contributed by atoms with Crippen LogP contribution in [0.25, 0.3) is 0 Å². The van der Waals surface area contributed by atoms with Gasteiger partial charge in [-0.15, -0.1) is 0 Å². The van der Waals surface area contributed by atoms with Crippen molar-refractivity contribution in [2.24, 2.45) is 0 Å². The topological polar surface area (TPSA) is 34.1 Å². The molecule has 0 aromatic carbocycles. The predicted octanol–water partition coefficient (Wildman–Crippen LogP) is 0.803. The molecule has 0 saturated heterocycles. The Balaban J connectivity index is 3.88. The summed E-state index contributed by atoms with van der Waals surface area (Å²) >= 11 is 0.726. The van der Waals surface area contributed by atoms with Crippen LogP contribution in [0.15, 0.2) is 0 Å². The Kier molecular flexibility index (Phi) is 3.46. The zero-order chi connectivity index (χ0) is 7.44. The van der Waals surface area contributed by atoms with E-state index in [9.17, 15) is 14.0 Å². The summed E-state index contributed by atoms with van der Waals surface area (Å²) < 4.78 is 12.2. The van der Waals surface area contributed by atoms with Crippen LogP contribution in [0.5, 0.6) is 0 Å². The minimum atomic E-state index is -1.93. The van der Waals surface area contributed by atoms with Gasteiger partial charge in [0.05, 0.1) is 0 Å². The molecule has 0 fully saturated rings. The minimum Gasteiger partial charge on any atom is -0.296 e. The molecule has 4 heteroatoms. The number of Topliss-reactive ketones (excluding diaryl/α,β-unsaturated/α-hetero) is 1. The van der Waals surface area contributed by atoms with E-state index in [0.29, 0.717) is 0 Å². The standard InChI is InChI=1S/C5H7FO2S/c1-3(7)4(6)5(8)9-2/h4H,1-2H3. The molecule has 52 valence electrons. The first-order valence-corrected chi connectivity index (χ1v) is 3.54. The Morgan fingerprint density at radius 2 is 2.00 bits per heavy atom. The van der Waals surface area contributed by atoms with Crippen molar-refractivity contribution in [2.75, 3.05) is 6.26 Å². The largest absolute Gasteiger partial charge is 0.296 e. The van der Waals surface area contributed by atoms with E-state index in [1.807, 2.05) is 0 Å². The Bertz CT molecular complexity index is 135. The number of carbonyl (C=O) groups excluding carboxylic acids is 2. The molecule has 0 amide bonds. The van der Waals surface area contributed by atoms with E-state index in [1.54, 1.807) is 0 Å². The van der Waals surface area contributed by atoms with Crippen LogP contribution in [-0.2, 0) is 9.59 Å². The zero-order valence-corrected chi connectivity index (χ0v) is 6.00. The maximum Gasteiger partial charge on any atom is 0.230 e. The maximum absolute atomic E-state index is 12.2. The summed E-state index contributed by atoms with van der Waals surface area (Å²) in [7, 11) is 0. The Morgan fingerprint density at radius 1 is 1.56 bits per heavy atom. The van der Waals surface area contributed by atoms with Gasteiger partial charge in [0.2, 0.25) is 11.3 Å². The van der Waals surface area contributed by atoms with Crippen LogP contribution in [-0.4, -0.2) is 23.3 Å². The van der Waals surface area contributed by atoms with Gasteiger partial charge in [-0.3, -0.25) is 9.59 Å². The van der Waals surface area contributed by atoms with Crippen LogP contribution in [0.2, 0.25) is 0 Å². The number of hydrogen-bond acceptors (Lipinski definition) is 3. The van der Waals surface area contributed by atoms with E-state index < -0.39 is 17.1 Å². The molecule has 0 rings (SSSR count). The van der Waals surface area contributed by atoms with Gasteiger partial charge in [0, 0.05) is 0 Å². The second kappa shape index (κ2) is 3.61. The van der Waals surface area contributed by atoms with Crippen molar-refractivity contribution in [3.05, 3.63) is 0 Å². The van der Waals surface area contributed by atoms with Gasteiger partial charge < -0.3 is 0 Å². The van der Waals surface area contributed by atoms with Gasteiger partial charge in [-0.2, -0.15) is 0 Å². The van der Waals surface area contributed by atoms with Crippen LogP contribution in [0, 0.1) is 0 Å². The van der Waals surface area contributed by atoms with Crippen LogP contribution in [0.4, 0.5) is 4.39 Å². The third-order valence-electron chi connectivity index (χ3n) is 0.765. The third kappa shape index (κ3) is 2.60. The van der Waals surface area contributed by atoms with Crippen molar-refractivity contribution >= 4 is 22.7 Å². The van der Waals surface area contributed by atoms with Crippen molar-refractivity contribution in [2.45, 2.75) is 13.1 Å². The molecule has 0 aliphatic heterocycles. The third-order valence-corrected chi connectivity index (χ3v) is 1.37. The molecule has 0 radical (unpaired) electrons. The second-order valence-electron chi connectivity index (χ2n) is 1.50. The number of carbonyl (C=O) groups is 2. The first kappa shape index (κ1) is 8.62. The molecule has 9 heavy (non-hydrogen) atoms. The summed E-state index contributed by atoms with van der Waals surface area (Å²) in [5.74, 6) is -0.727. The number of halogens is 1. The molecule has 0 aliphatic rings. The number of hydrogen-bond donors (Lipinski definition) is 0. The maximum atomic E-state index is 12.2. The van der Waals surface area contributed by atoms with Gasteiger partial charge in [0.15, 0.2) is 5.78 Å². The highest BCUT2D eigenvalue weighted by Gasteiger charge is 2.20. The number of thioether (sulfide) groups is 1. The highest BCUT2D eigenvalue weighted by molar-refractivity contribution is 8.13. The average Bonchev–Trinajstić information content (AvgIpc) is 1.84. The lowest BCUT2D eigenvalue weighted by Gasteiger charge is -1.96. The molecule has 0 saturated carbocycles. The zero-order valence-electron chi connectivity index (χ0n) is 5.18. The predicted molar refractivity (Wildman–Crippen MR) is 34.1 cm³/mol. The molecule has 0 bridgehead atoms. The first-order valence-electron chi connectivity index (χ1n) is 2.32. The highest BCUT2D eigenvalue weighted by atomic mass is 32.2. The summed E-state index contributed by atoms with van der Waals surface area (Å²) in [6.45, 7) is 1.05. The van der Waals surface area contributed by atoms with Gasteiger partial charge in [-0.1, -0.05) is 11.8 Å². The lowest BCUT2D eigenvalue weighted by molar-refractivity contribution is -0.128. The number of rotatable bonds is 2. The number of alkyl halides is 1. The summed E-state index contributed by atoms with van der Waals surface area (Å²) in [5.41, 5.74) is 0. The van der Waals surface area contributed by atoms with Crippen molar-refractivity contribution in [1.29, 1.82) is 0 Å². The Hall–Kier alpha value is -0.380. The fourth-order valence-electron chi connectivity index (χ4n) is 0.269. The molecular formula is C5H7FO2S. The van der Waals surface area contributed by atoms with E-state index in [1.165, 1.54) is 6.26 Å². The molecule has 0 N–H and O–H groups in total. The molecule has 0 aromatic rings. The Morgan fingerprint density at radius 3 is 2.11 bits per heavy atom. The molecule has 1 atom stereocenters. The summed E-state index contributed by atoms with van der Waals surface area (Å²) in [4.78, 5) is 20.5. The van der Waals surface area contributed by atoms with Crippen molar-refractivity contribution < 1.29 is 14.0 Å². The summed E-state index contributed by atoms with van der Waals surface area (Å²) in [5, 5.41) is -0.720. The Labute approximate surface area is 56.8 Å². The second-order valence-corrected chi connectivity index (χ2v) is 2.31. The van der Waals surface area contributed by atoms with E-state index in [0.717, 1.165) is 18.7 Å². The molecule has 0 spiro atoms. The normalized spacial score (nSPS) is 12.8. The molecular weight excluding hydrogens is 143 g/mol. The first-order chi connectivity index (χ1) is 4.09. The highest BCUT2D eigenvalue weighted by Crippen LogP contribution is 2.04. The van der Waals surface area contributed by atoms with Gasteiger partial charge >= 0.3 is 0 Å². The van der Waals surface area contributed by atoms with Crippen LogP contribution in [0.1, 0.15) is 6.92 Å². The van der Waals surface area contributed by atoms with Gasteiger partial charge in [0.25, 0.3) is 0 Å². The quantitative estimate of drug-likeness (QED) is 0.546. The lowest BCUT2D eigenvalue weighted by Crippen LogP contribution is -2.19. The number of ketones is 1. The summed E-state index contributed by atoms with van der Waals surface area (Å²) in [6, 6.07) is 0. The van der Waals surface area contributed by atoms with Crippen LogP contribution < -0.4 is 0 Å². The SMILES string of the molecule is CSC(=O)C(F)C(C)=O. The molecule has 0 aromatic heterocycles. The van der Waals surface area contributed by atoms with Crippen molar-refractivity contribution in [3.8, 4) is 0 Å². The minimum absolute atomic E-state index is 0.720. The summed E-state index contributed by atoms with van der Waals surface area (Å²) in [6.07, 6.45) is -0.488.